The highest BCUT2D eigenvalue weighted by atomic mass is 16.7. The van der Waals surface area contributed by atoms with Gasteiger partial charge in [0.05, 0.1) is 11.4 Å². The molecule has 6 nitrogen and oxygen atoms in total. The van der Waals surface area contributed by atoms with Crippen molar-refractivity contribution in [1.29, 1.82) is 0 Å². The second-order valence-electron chi connectivity index (χ2n) is 19.8. The van der Waals surface area contributed by atoms with E-state index in [1.165, 1.54) is 74.1 Å². The van der Waals surface area contributed by atoms with Crippen molar-refractivity contribution < 1.29 is 18.9 Å². The van der Waals surface area contributed by atoms with E-state index < -0.39 is 0 Å². The van der Waals surface area contributed by atoms with Crippen molar-refractivity contribution in [2.75, 3.05) is 23.4 Å². The fraction of sp³-hybridized carbons (Fsp3) is 0.388. The molecule has 0 N–H and O–H groups in total. The lowest BCUT2D eigenvalue weighted by atomic mass is 9.33. The van der Waals surface area contributed by atoms with E-state index in [1.54, 1.807) is 0 Å². The number of hydrogen-bond acceptors (Lipinski definition) is 6. The van der Waals surface area contributed by atoms with Crippen LogP contribution in [0.1, 0.15) is 109 Å². The second-order valence-corrected chi connectivity index (χ2v) is 19.8. The number of hydrogen-bond donors (Lipinski definition) is 0. The van der Waals surface area contributed by atoms with Gasteiger partial charge in [0.25, 0.3) is 6.71 Å². The molecule has 0 fully saturated rings. The first-order chi connectivity index (χ1) is 26.6. The minimum atomic E-state index is -0.0410. The molecule has 0 saturated heterocycles. The maximum atomic E-state index is 6.43. The average molecular weight is 743 g/mol. The van der Waals surface area contributed by atoms with Gasteiger partial charge < -0.3 is 28.7 Å². The molecule has 0 saturated carbocycles. The zero-order valence-corrected chi connectivity index (χ0v) is 34.3. The zero-order chi connectivity index (χ0) is 38.7. The number of benzene rings is 5. The van der Waals surface area contributed by atoms with Gasteiger partial charge in [0.1, 0.15) is 0 Å². The monoisotopic (exact) mass is 742 g/mol. The number of nitrogens with zero attached hydrogens (tertiary/aromatic N) is 2. The van der Waals surface area contributed by atoms with Gasteiger partial charge in [-0.2, -0.15) is 0 Å². The summed E-state index contributed by atoms with van der Waals surface area (Å²) in [6.45, 7) is 22.0. The van der Waals surface area contributed by atoms with Crippen LogP contribution in [-0.2, 0) is 21.7 Å². The summed E-state index contributed by atoms with van der Waals surface area (Å²) < 4.78 is 24.7. The molecule has 7 heteroatoms. The van der Waals surface area contributed by atoms with Gasteiger partial charge in [-0.3, -0.25) is 0 Å². The van der Waals surface area contributed by atoms with Crippen LogP contribution in [-0.4, -0.2) is 20.3 Å². The summed E-state index contributed by atoms with van der Waals surface area (Å²) in [7, 11) is 0. The molecule has 2 aliphatic carbocycles. The third-order valence-corrected chi connectivity index (χ3v) is 14.4. The lowest BCUT2D eigenvalue weighted by molar-refractivity contribution is 0.174. The molecule has 0 unspecified atom stereocenters. The van der Waals surface area contributed by atoms with Crippen molar-refractivity contribution in [3.8, 4) is 23.0 Å². The summed E-state index contributed by atoms with van der Waals surface area (Å²) in [6, 6.07) is 27.9. The van der Waals surface area contributed by atoms with E-state index in [9.17, 15) is 0 Å². The molecule has 284 valence electrons. The summed E-state index contributed by atoms with van der Waals surface area (Å²) in [5, 5.41) is 0. The summed E-state index contributed by atoms with van der Waals surface area (Å²) in [5.74, 6) is 3.03. The Hall–Kier alpha value is -5.04. The maximum absolute atomic E-state index is 6.43. The van der Waals surface area contributed by atoms with Crippen molar-refractivity contribution >= 4 is 57.2 Å². The highest BCUT2D eigenvalue weighted by molar-refractivity contribution is 7.00. The Kier molecular flexibility index (Phi) is 6.78. The van der Waals surface area contributed by atoms with Crippen LogP contribution < -0.4 is 45.1 Å². The molecule has 5 aromatic rings. The molecule has 0 amide bonds. The lowest BCUT2D eigenvalue weighted by Crippen LogP contribution is -2.62. The molecule has 56 heavy (non-hydrogen) atoms. The first kappa shape index (κ1) is 34.2. The summed E-state index contributed by atoms with van der Waals surface area (Å²) in [6.07, 6.45) is 4.67. The van der Waals surface area contributed by atoms with Gasteiger partial charge >= 0.3 is 0 Å². The quantitative estimate of drug-likeness (QED) is 0.164. The molecule has 5 aromatic carbocycles. The minimum Gasteiger partial charge on any atom is -0.454 e. The fourth-order valence-corrected chi connectivity index (χ4v) is 11.0. The SMILES string of the molecule is Cc1cc2c3c(c1)N(c1cccc4c1OCO4)c1c(ccc4c1OCO4)B3c1cc3c(cc1N2c1ccc2c(c1)C(C)(C)CCC2(C)C)C(C)(C)CCC3(C)C. The lowest BCUT2D eigenvalue weighted by Gasteiger charge is -2.48. The Labute approximate surface area is 331 Å². The van der Waals surface area contributed by atoms with Crippen molar-refractivity contribution in [1.82, 2.24) is 0 Å². The third kappa shape index (κ3) is 4.57. The van der Waals surface area contributed by atoms with Crippen molar-refractivity contribution in [3.63, 3.8) is 0 Å². The topological polar surface area (TPSA) is 43.4 Å². The number of anilines is 6. The number of aryl methyl sites for hydroxylation is 1. The van der Waals surface area contributed by atoms with Crippen molar-refractivity contribution in [2.24, 2.45) is 0 Å². The van der Waals surface area contributed by atoms with Crippen LogP contribution in [0.15, 0.2) is 72.8 Å². The van der Waals surface area contributed by atoms with E-state index in [0.29, 0.717) is 0 Å². The maximum Gasteiger partial charge on any atom is 0.252 e. The predicted octanol–water partition coefficient (Wildman–Crippen LogP) is 10.2. The number of rotatable bonds is 2. The number of fused-ring (bicyclic) bond motifs is 9. The Morgan fingerprint density at radius 3 is 1.79 bits per heavy atom. The van der Waals surface area contributed by atoms with E-state index >= 15 is 0 Å². The summed E-state index contributed by atoms with van der Waals surface area (Å²) in [5.41, 5.74) is 17.9. The van der Waals surface area contributed by atoms with Crippen molar-refractivity contribution in [3.05, 3.63) is 101 Å². The van der Waals surface area contributed by atoms with Gasteiger partial charge in [-0.25, -0.2) is 0 Å². The van der Waals surface area contributed by atoms with Gasteiger partial charge in [-0.1, -0.05) is 79.7 Å². The van der Waals surface area contributed by atoms with E-state index in [4.69, 9.17) is 18.9 Å². The Morgan fingerprint density at radius 2 is 1.09 bits per heavy atom. The molecule has 0 radical (unpaired) electrons. The second kappa shape index (κ2) is 11.1. The smallest absolute Gasteiger partial charge is 0.252 e. The van der Waals surface area contributed by atoms with E-state index in [1.807, 2.05) is 6.07 Å². The fourth-order valence-electron chi connectivity index (χ4n) is 11.0. The third-order valence-electron chi connectivity index (χ3n) is 14.4. The highest BCUT2D eigenvalue weighted by Crippen LogP contribution is 2.56. The Bertz CT molecular complexity index is 2550. The van der Waals surface area contributed by atoms with Crippen LogP contribution in [0.2, 0.25) is 0 Å². The molecule has 11 rings (SSSR count). The van der Waals surface area contributed by atoms with Crippen LogP contribution in [0, 0.1) is 6.92 Å². The first-order valence-corrected chi connectivity index (χ1v) is 20.5. The Balaban J connectivity index is 1.26. The minimum absolute atomic E-state index is 0.0410. The predicted molar refractivity (Wildman–Crippen MR) is 228 cm³/mol. The van der Waals surface area contributed by atoms with Crippen LogP contribution in [0.25, 0.3) is 0 Å². The van der Waals surface area contributed by atoms with Crippen LogP contribution >= 0.6 is 0 Å². The van der Waals surface area contributed by atoms with Gasteiger partial charge in [0.2, 0.25) is 13.6 Å². The molecule has 4 heterocycles. The molecule has 0 spiro atoms. The first-order valence-electron chi connectivity index (χ1n) is 20.5. The highest BCUT2D eigenvalue weighted by Gasteiger charge is 2.49. The summed E-state index contributed by atoms with van der Waals surface area (Å²) >= 11 is 0. The Morgan fingerprint density at radius 1 is 0.500 bits per heavy atom. The van der Waals surface area contributed by atoms with Crippen LogP contribution in [0.4, 0.5) is 34.1 Å². The molecule has 0 aromatic heterocycles. The zero-order valence-electron chi connectivity index (χ0n) is 34.3. The van der Waals surface area contributed by atoms with E-state index in [0.717, 1.165) is 52.9 Å². The van der Waals surface area contributed by atoms with E-state index in [2.05, 4.69) is 139 Å². The summed E-state index contributed by atoms with van der Waals surface area (Å²) in [4.78, 5) is 4.98. The van der Waals surface area contributed by atoms with Gasteiger partial charge in [0, 0.05) is 22.7 Å². The van der Waals surface area contributed by atoms with Crippen LogP contribution in [0.3, 0.4) is 0 Å². The standard InChI is InChI=1S/C49H51BN2O4/c1-28-21-38-42-39(22-28)52(36-11-10-12-40-44(36)55-26-53-40)43-34(15-16-41-45(43)56-27-54-41)50(42)35-24-32-33(49(8,9)20-19-48(32,6)7)25-37(35)51(38)29-13-14-30-31(23-29)47(4,5)18-17-46(30,2)3/h10-16,21-25H,17-20,26-27H2,1-9H3. The molecular weight excluding hydrogens is 691 g/mol. The van der Waals surface area contributed by atoms with Gasteiger partial charge in [-0.05, 0) is 147 Å². The van der Waals surface area contributed by atoms with Gasteiger partial charge in [-0.15, -0.1) is 0 Å². The molecule has 0 atom stereocenters. The number of ether oxygens (including phenoxy) is 4. The average Bonchev–Trinajstić information content (AvgIpc) is 3.85. The number of para-hydroxylation sites is 1. The van der Waals surface area contributed by atoms with Gasteiger partial charge in [0.15, 0.2) is 23.0 Å². The molecular formula is C49H51BN2O4. The van der Waals surface area contributed by atoms with E-state index in [-0.39, 0.29) is 42.0 Å². The largest absolute Gasteiger partial charge is 0.454 e. The molecule has 0 bridgehead atoms. The normalized spacial score (nSPS) is 20.5. The van der Waals surface area contributed by atoms with Crippen LogP contribution in [0.5, 0.6) is 23.0 Å². The molecule has 4 aliphatic heterocycles. The van der Waals surface area contributed by atoms with Crippen molar-refractivity contribution in [2.45, 2.75) is 110 Å². The molecule has 6 aliphatic rings.